The van der Waals surface area contributed by atoms with E-state index >= 15 is 0 Å². The molecule has 1 unspecified atom stereocenters. The predicted octanol–water partition coefficient (Wildman–Crippen LogP) is 4.39. The number of amides is 2. The molecule has 0 fully saturated rings. The molecule has 2 heterocycles. The first-order chi connectivity index (χ1) is 13.8. The highest BCUT2D eigenvalue weighted by Crippen LogP contribution is 2.28. The third-order valence-corrected chi connectivity index (χ3v) is 5.16. The lowest BCUT2D eigenvalue weighted by atomic mass is 10.2. The summed E-state index contributed by atoms with van der Waals surface area (Å²) in [7, 11) is 0. The Labute approximate surface area is 171 Å². The van der Waals surface area contributed by atoms with Gasteiger partial charge in [-0.1, -0.05) is 12.1 Å². The third-order valence-electron chi connectivity index (χ3n) is 4.02. The maximum atomic E-state index is 12.5. The molecule has 1 aromatic carbocycles. The van der Waals surface area contributed by atoms with Crippen LogP contribution >= 0.6 is 11.3 Å². The van der Waals surface area contributed by atoms with Gasteiger partial charge in [-0.05, 0) is 62.2 Å². The minimum atomic E-state index is -0.981. The Hall–Kier alpha value is -3.39. The van der Waals surface area contributed by atoms with Crippen LogP contribution in [0.3, 0.4) is 0 Å². The standard InChI is InChI=1S/C21H20N2O5S/c1-12-6-4-7-15(10-12)22-19(24)14(3)28-21(26)18-13(2)11-17(29-18)23-20(25)16-8-5-9-27-16/h4-11,14H,1-3H3,(H,22,24)(H,23,25). The molecule has 0 bridgehead atoms. The van der Waals surface area contributed by atoms with Crippen LogP contribution in [0.5, 0.6) is 0 Å². The molecule has 0 saturated heterocycles. The number of carbonyl (C=O) groups excluding carboxylic acids is 3. The van der Waals surface area contributed by atoms with E-state index in [1.54, 1.807) is 31.2 Å². The Balaban J connectivity index is 1.62. The van der Waals surface area contributed by atoms with E-state index in [1.807, 2.05) is 25.1 Å². The van der Waals surface area contributed by atoms with E-state index in [9.17, 15) is 14.4 Å². The van der Waals surface area contributed by atoms with Gasteiger partial charge in [0.05, 0.1) is 11.3 Å². The molecule has 0 saturated carbocycles. The van der Waals surface area contributed by atoms with E-state index in [-0.39, 0.29) is 5.76 Å². The molecule has 7 nitrogen and oxygen atoms in total. The number of rotatable bonds is 6. The fraction of sp³-hybridized carbons (Fsp3) is 0.190. The van der Waals surface area contributed by atoms with Gasteiger partial charge in [0.2, 0.25) is 0 Å². The van der Waals surface area contributed by atoms with Gasteiger partial charge in [-0.25, -0.2) is 4.79 Å². The van der Waals surface area contributed by atoms with Gasteiger partial charge in [0.25, 0.3) is 11.8 Å². The van der Waals surface area contributed by atoms with Crippen molar-refractivity contribution in [2.75, 3.05) is 10.6 Å². The second-order valence-electron chi connectivity index (χ2n) is 6.46. The van der Waals surface area contributed by atoms with Gasteiger partial charge in [0.1, 0.15) is 4.88 Å². The summed E-state index contributed by atoms with van der Waals surface area (Å²) in [5, 5.41) is 5.87. The minimum Gasteiger partial charge on any atom is -0.459 e. The molecule has 2 amide bonds. The van der Waals surface area contributed by atoms with Crippen molar-refractivity contribution < 1.29 is 23.5 Å². The van der Waals surface area contributed by atoms with Crippen molar-refractivity contribution in [2.24, 2.45) is 0 Å². The maximum Gasteiger partial charge on any atom is 0.349 e. The highest BCUT2D eigenvalue weighted by Gasteiger charge is 2.23. The van der Waals surface area contributed by atoms with Crippen LogP contribution in [0.1, 0.15) is 38.3 Å². The average Bonchev–Trinajstić information content (AvgIpc) is 3.31. The lowest BCUT2D eigenvalue weighted by Crippen LogP contribution is -2.29. The number of furan rings is 1. The highest BCUT2D eigenvalue weighted by molar-refractivity contribution is 7.18. The Kier molecular flexibility index (Phi) is 6.13. The number of thiophene rings is 1. The first-order valence-electron chi connectivity index (χ1n) is 8.87. The zero-order valence-corrected chi connectivity index (χ0v) is 17.0. The van der Waals surface area contributed by atoms with E-state index in [1.165, 1.54) is 13.2 Å². The number of aryl methyl sites for hydroxylation is 2. The zero-order chi connectivity index (χ0) is 21.0. The fourth-order valence-corrected chi connectivity index (χ4v) is 3.51. The van der Waals surface area contributed by atoms with E-state index in [4.69, 9.17) is 9.15 Å². The van der Waals surface area contributed by atoms with Crippen LogP contribution in [0.2, 0.25) is 0 Å². The van der Waals surface area contributed by atoms with Gasteiger partial charge in [-0.15, -0.1) is 11.3 Å². The summed E-state index contributed by atoms with van der Waals surface area (Å²) in [4.78, 5) is 37.2. The second kappa shape index (κ2) is 8.74. The SMILES string of the molecule is Cc1cccc(NC(=O)C(C)OC(=O)c2sc(NC(=O)c3ccco3)cc2C)c1. The molecule has 0 spiro atoms. The number of nitrogens with one attached hydrogen (secondary N) is 2. The molecular weight excluding hydrogens is 392 g/mol. The van der Waals surface area contributed by atoms with Crippen LogP contribution in [0.25, 0.3) is 0 Å². The number of hydrogen-bond donors (Lipinski definition) is 2. The average molecular weight is 412 g/mol. The van der Waals surface area contributed by atoms with Gasteiger partial charge in [-0.3, -0.25) is 9.59 Å². The van der Waals surface area contributed by atoms with Gasteiger partial charge in [0, 0.05) is 5.69 Å². The molecule has 2 aromatic heterocycles. The van der Waals surface area contributed by atoms with Crippen LogP contribution in [0, 0.1) is 13.8 Å². The van der Waals surface area contributed by atoms with Crippen molar-refractivity contribution in [1.29, 1.82) is 0 Å². The lowest BCUT2D eigenvalue weighted by Gasteiger charge is -2.13. The summed E-state index contributed by atoms with van der Waals surface area (Å²) in [6.07, 6.45) is 0.422. The second-order valence-corrected chi connectivity index (χ2v) is 7.51. The highest BCUT2D eigenvalue weighted by atomic mass is 32.1. The molecule has 1 atom stereocenters. The number of ether oxygens (including phenoxy) is 1. The van der Waals surface area contributed by atoms with Crippen LogP contribution < -0.4 is 10.6 Å². The molecule has 0 radical (unpaired) electrons. The number of carbonyl (C=O) groups is 3. The Bertz CT molecular complexity index is 1040. The van der Waals surface area contributed by atoms with Crippen molar-refractivity contribution in [3.8, 4) is 0 Å². The number of benzene rings is 1. The van der Waals surface area contributed by atoms with Crippen LogP contribution in [-0.2, 0) is 9.53 Å². The summed E-state index contributed by atoms with van der Waals surface area (Å²) < 4.78 is 10.3. The predicted molar refractivity (Wildman–Crippen MR) is 110 cm³/mol. The summed E-state index contributed by atoms with van der Waals surface area (Å²) in [6.45, 7) is 5.15. The summed E-state index contributed by atoms with van der Waals surface area (Å²) >= 11 is 1.07. The molecule has 29 heavy (non-hydrogen) atoms. The molecule has 0 aliphatic rings. The zero-order valence-electron chi connectivity index (χ0n) is 16.1. The molecular formula is C21H20N2O5S. The monoisotopic (exact) mass is 412 g/mol. The summed E-state index contributed by atoms with van der Waals surface area (Å²) in [5.41, 5.74) is 2.28. The Morgan fingerprint density at radius 1 is 1.07 bits per heavy atom. The van der Waals surface area contributed by atoms with Crippen molar-refractivity contribution in [3.63, 3.8) is 0 Å². The van der Waals surface area contributed by atoms with Gasteiger partial charge >= 0.3 is 5.97 Å². The van der Waals surface area contributed by atoms with Crippen molar-refractivity contribution in [3.05, 3.63) is 70.5 Å². The van der Waals surface area contributed by atoms with E-state index in [0.29, 0.717) is 21.1 Å². The van der Waals surface area contributed by atoms with Gasteiger partial charge in [-0.2, -0.15) is 0 Å². The lowest BCUT2D eigenvalue weighted by molar-refractivity contribution is -0.123. The Morgan fingerprint density at radius 2 is 1.86 bits per heavy atom. The molecule has 150 valence electrons. The van der Waals surface area contributed by atoms with Gasteiger partial charge < -0.3 is 19.8 Å². The first-order valence-corrected chi connectivity index (χ1v) is 9.69. The quantitative estimate of drug-likeness (QED) is 0.585. The van der Waals surface area contributed by atoms with Crippen LogP contribution in [-0.4, -0.2) is 23.9 Å². The first kappa shape index (κ1) is 20.3. The van der Waals surface area contributed by atoms with Crippen molar-refractivity contribution >= 4 is 39.8 Å². The number of anilines is 2. The maximum absolute atomic E-state index is 12.5. The number of hydrogen-bond acceptors (Lipinski definition) is 6. The van der Waals surface area contributed by atoms with E-state index in [2.05, 4.69) is 10.6 Å². The molecule has 8 heteroatoms. The van der Waals surface area contributed by atoms with Crippen molar-refractivity contribution in [1.82, 2.24) is 0 Å². The fourth-order valence-electron chi connectivity index (χ4n) is 2.56. The summed E-state index contributed by atoms with van der Waals surface area (Å²) in [6, 6.07) is 12.1. The van der Waals surface area contributed by atoms with Gasteiger partial charge in [0.15, 0.2) is 11.9 Å². The topological polar surface area (TPSA) is 97.6 Å². The smallest absolute Gasteiger partial charge is 0.349 e. The molecule has 2 N–H and O–H groups in total. The minimum absolute atomic E-state index is 0.168. The third kappa shape index (κ3) is 5.11. The van der Waals surface area contributed by atoms with Crippen LogP contribution in [0.4, 0.5) is 10.7 Å². The molecule has 3 aromatic rings. The largest absolute Gasteiger partial charge is 0.459 e. The van der Waals surface area contributed by atoms with E-state index < -0.39 is 23.9 Å². The normalized spacial score (nSPS) is 11.6. The molecule has 0 aliphatic carbocycles. The van der Waals surface area contributed by atoms with Crippen LogP contribution in [0.15, 0.2) is 53.1 Å². The van der Waals surface area contributed by atoms with E-state index in [0.717, 1.165) is 16.9 Å². The number of esters is 1. The molecule has 0 aliphatic heterocycles. The summed E-state index contributed by atoms with van der Waals surface area (Å²) in [5.74, 6) is -1.30. The molecule has 3 rings (SSSR count). The van der Waals surface area contributed by atoms with Crippen molar-refractivity contribution in [2.45, 2.75) is 26.9 Å². The Morgan fingerprint density at radius 3 is 2.55 bits per heavy atom.